The molecule has 3 fully saturated rings. The van der Waals surface area contributed by atoms with Crippen molar-refractivity contribution in [2.24, 2.45) is 11.8 Å². The molecular weight excluding hydrogens is 540 g/mol. The molecule has 3 aromatic carbocycles. The molecule has 9 rings (SSSR count). The number of likely N-dealkylation sites (tertiary alicyclic amines) is 1. The number of piperidine rings is 1. The van der Waals surface area contributed by atoms with E-state index in [1.54, 1.807) is 0 Å². The highest BCUT2D eigenvalue weighted by Gasteiger charge is 2.66. The zero-order valence-corrected chi connectivity index (χ0v) is 24.3. The minimum absolute atomic E-state index is 0.123. The zero-order valence-electron chi connectivity index (χ0n) is 24.3. The number of carbonyl (C=O) groups is 2. The highest BCUT2D eigenvalue weighted by molar-refractivity contribution is 5.99. The number of nitrogens with zero attached hydrogens (tertiary/aromatic N) is 1. The van der Waals surface area contributed by atoms with Gasteiger partial charge in [-0.05, 0) is 97.4 Å². The summed E-state index contributed by atoms with van der Waals surface area (Å²) in [5.74, 6) is 3.61. The summed E-state index contributed by atoms with van der Waals surface area (Å²) in [6, 6.07) is 19.0. The minimum atomic E-state index is -0.442. The lowest BCUT2D eigenvalue weighted by molar-refractivity contribution is -0.138. The van der Waals surface area contributed by atoms with Crippen molar-refractivity contribution in [2.75, 3.05) is 26.4 Å². The number of fused-ring (bicyclic) bond motifs is 1. The number of benzene rings is 3. The number of amides is 1. The van der Waals surface area contributed by atoms with Crippen LogP contribution in [0.15, 0.2) is 54.6 Å². The average molecular weight is 577 g/mol. The molecule has 4 atom stereocenters. The monoisotopic (exact) mass is 576 g/mol. The second-order valence-electron chi connectivity index (χ2n) is 13.4. The predicted molar refractivity (Wildman–Crippen MR) is 161 cm³/mol. The van der Waals surface area contributed by atoms with Crippen LogP contribution in [0.25, 0.3) is 11.1 Å². The Kier molecular flexibility index (Phi) is 5.71. The predicted octanol–water partition coefficient (Wildman–Crippen LogP) is 5.07. The van der Waals surface area contributed by atoms with E-state index in [2.05, 4.69) is 40.5 Å². The minimum Gasteiger partial charge on any atom is -0.481 e. The summed E-state index contributed by atoms with van der Waals surface area (Å²) >= 11 is 0. The Morgan fingerprint density at radius 3 is 2.67 bits per heavy atom. The first-order valence-electron chi connectivity index (χ1n) is 16.0. The summed E-state index contributed by atoms with van der Waals surface area (Å²) in [7, 11) is 0. The van der Waals surface area contributed by atoms with E-state index in [0.29, 0.717) is 36.2 Å². The lowest BCUT2D eigenvalue weighted by Gasteiger charge is -2.57. The van der Waals surface area contributed by atoms with Gasteiger partial charge in [0.2, 0.25) is 6.79 Å². The van der Waals surface area contributed by atoms with Gasteiger partial charge in [0.25, 0.3) is 5.91 Å². The average Bonchev–Trinajstić information content (AvgIpc) is 3.59. The Hall–Kier alpha value is -3.84. The molecule has 2 saturated carbocycles. The third kappa shape index (κ3) is 3.97. The topological polar surface area (TPSA) is 77.1 Å². The van der Waals surface area contributed by atoms with Gasteiger partial charge in [-0.1, -0.05) is 36.4 Å². The second-order valence-corrected chi connectivity index (χ2v) is 13.4. The van der Waals surface area contributed by atoms with Gasteiger partial charge in [-0.3, -0.25) is 14.5 Å². The standard InChI is InChI=1S/C36H36N2O5/c39-29-11-10-27-28-17-25-7-9-26(33-32(25)36(27,34(29)43-33)14-16-38(28)19-22-1-2-22)35(40)37-15-13-21-3-5-23(6-4-21)24-8-12-30-31(18-24)42-20-41-30/h3-9,12,18,22,27-28,34H,1-2,10-11,13-17,19-20H2,(H,37,40)/t27-,28+,34-,36-/m0/s1. The summed E-state index contributed by atoms with van der Waals surface area (Å²) in [5.41, 5.74) is 6.12. The molecule has 6 aliphatic rings. The quantitative estimate of drug-likeness (QED) is 0.423. The van der Waals surface area contributed by atoms with Crippen molar-refractivity contribution in [3.8, 4) is 28.4 Å². The summed E-state index contributed by atoms with van der Waals surface area (Å²) in [6.07, 6.45) is 6.46. The highest BCUT2D eigenvalue weighted by Crippen LogP contribution is 2.62. The normalized spacial score (nSPS) is 27.9. The number of rotatable bonds is 7. The van der Waals surface area contributed by atoms with Crippen LogP contribution in [-0.4, -0.2) is 55.2 Å². The molecule has 0 aromatic heterocycles. The summed E-state index contributed by atoms with van der Waals surface area (Å²) in [5, 5.41) is 3.14. The molecule has 43 heavy (non-hydrogen) atoms. The molecule has 3 aromatic rings. The maximum Gasteiger partial charge on any atom is 0.255 e. The third-order valence-electron chi connectivity index (χ3n) is 11.0. The van der Waals surface area contributed by atoms with E-state index in [4.69, 9.17) is 14.2 Å². The zero-order chi connectivity index (χ0) is 28.7. The smallest absolute Gasteiger partial charge is 0.255 e. The number of carbonyl (C=O) groups excluding carboxylic acids is 2. The van der Waals surface area contributed by atoms with E-state index in [1.165, 1.54) is 30.5 Å². The number of nitrogens with one attached hydrogen (secondary N) is 1. The molecule has 1 amide bonds. The van der Waals surface area contributed by atoms with Crippen LogP contribution in [0.5, 0.6) is 17.2 Å². The molecule has 0 radical (unpaired) electrons. The molecule has 1 spiro atoms. The van der Waals surface area contributed by atoms with Crippen LogP contribution in [-0.2, 0) is 23.1 Å². The van der Waals surface area contributed by atoms with Gasteiger partial charge in [0, 0.05) is 36.5 Å². The summed E-state index contributed by atoms with van der Waals surface area (Å²) in [4.78, 5) is 29.6. The molecule has 0 unspecified atom stereocenters. The first-order chi connectivity index (χ1) is 21.1. The molecule has 1 N–H and O–H groups in total. The van der Waals surface area contributed by atoms with Crippen LogP contribution in [0, 0.1) is 11.8 Å². The Morgan fingerprint density at radius 2 is 1.81 bits per heavy atom. The fraction of sp³-hybridized carbons (Fsp3) is 0.444. The third-order valence-corrected chi connectivity index (χ3v) is 11.0. The number of ether oxygens (including phenoxy) is 3. The van der Waals surface area contributed by atoms with Gasteiger partial charge in [0.1, 0.15) is 5.75 Å². The lowest BCUT2D eigenvalue weighted by Crippen LogP contribution is -2.66. The van der Waals surface area contributed by atoms with Crippen molar-refractivity contribution in [3.63, 3.8) is 0 Å². The fourth-order valence-electron chi connectivity index (χ4n) is 8.82. The van der Waals surface area contributed by atoms with Crippen molar-refractivity contribution in [2.45, 2.75) is 62.5 Å². The molecule has 3 aliphatic carbocycles. The van der Waals surface area contributed by atoms with Crippen molar-refractivity contribution in [3.05, 3.63) is 76.9 Å². The van der Waals surface area contributed by atoms with Gasteiger partial charge >= 0.3 is 0 Å². The number of hydrogen-bond acceptors (Lipinski definition) is 6. The van der Waals surface area contributed by atoms with Gasteiger partial charge in [-0.2, -0.15) is 0 Å². The van der Waals surface area contributed by atoms with E-state index < -0.39 is 6.10 Å². The first-order valence-corrected chi connectivity index (χ1v) is 16.0. The van der Waals surface area contributed by atoms with Crippen molar-refractivity contribution >= 4 is 11.7 Å². The summed E-state index contributed by atoms with van der Waals surface area (Å²) < 4.78 is 17.5. The highest BCUT2D eigenvalue weighted by atomic mass is 16.7. The van der Waals surface area contributed by atoms with E-state index in [0.717, 1.165) is 66.3 Å². The second kappa shape index (κ2) is 9.58. The Bertz CT molecular complexity index is 1650. The van der Waals surface area contributed by atoms with Gasteiger partial charge in [-0.15, -0.1) is 0 Å². The van der Waals surface area contributed by atoms with Crippen LogP contribution in [0.2, 0.25) is 0 Å². The number of hydrogen-bond donors (Lipinski definition) is 1. The van der Waals surface area contributed by atoms with Crippen LogP contribution in [0.1, 0.15) is 59.2 Å². The largest absolute Gasteiger partial charge is 0.481 e. The van der Waals surface area contributed by atoms with Crippen LogP contribution in [0.4, 0.5) is 0 Å². The van der Waals surface area contributed by atoms with E-state index >= 15 is 0 Å². The Morgan fingerprint density at radius 1 is 0.977 bits per heavy atom. The van der Waals surface area contributed by atoms with Crippen molar-refractivity contribution in [1.29, 1.82) is 0 Å². The van der Waals surface area contributed by atoms with Gasteiger partial charge in [0.05, 0.1) is 5.56 Å². The Balaban J connectivity index is 0.924. The summed E-state index contributed by atoms with van der Waals surface area (Å²) in [6.45, 7) is 3.00. The van der Waals surface area contributed by atoms with E-state index in [-0.39, 0.29) is 23.9 Å². The molecule has 3 heterocycles. The number of Topliss-reactive ketones (excluding diaryl/α,β-unsaturated/α-hetero) is 1. The maximum absolute atomic E-state index is 13.6. The molecule has 7 nitrogen and oxygen atoms in total. The molecule has 1 saturated heterocycles. The fourth-order valence-corrected chi connectivity index (χ4v) is 8.82. The Labute approximate surface area is 251 Å². The molecule has 7 heteroatoms. The molecule has 2 bridgehead atoms. The van der Waals surface area contributed by atoms with Gasteiger partial charge in [0.15, 0.2) is 23.4 Å². The van der Waals surface area contributed by atoms with E-state index in [9.17, 15) is 9.59 Å². The maximum atomic E-state index is 13.6. The number of ketones is 1. The van der Waals surface area contributed by atoms with Crippen LogP contribution in [0.3, 0.4) is 0 Å². The first kappa shape index (κ1) is 25.6. The molecule has 3 aliphatic heterocycles. The van der Waals surface area contributed by atoms with Gasteiger partial charge in [-0.25, -0.2) is 0 Å². The van der Waals surface area contributed by atoms with E-state index in [1.807, 2.05) is 24.3 Å². The van der Waals surface area contributed by atoms with Crippen LogP contribution >= 0.6 is 0 Å². The SMILES string of the molecule is O=C(NCCc1ccc(-c2ccc3c(c2)OCO3)cc1)c1ccc2c3c1O[C@H]1C(=O)CC[C@H]4[C@@H](C2)N(CC2CC2)CC[C@]314. The van der Waals surface area contributed by atoms with Crippen molar-refractivity contribution < 1.29 is 23.8 Å². The molecule has 220 valence electrons. The van der Waals surface area contributed by atoms with Gasteiger partial charge < -0.3 is 19.5 Å². The lowest BCUT2D eigenvalue weighted by atomic mass is 9.51. The molecular formula is C36H36N2O5. The van der Waals surface area contributed by atoms with Crippen LogP contribution < -0.4 is 19.5 Å². The van der Waals surface area contributed by atoms with Crippen molar-refractivity contribution in [1.82, 2.24) is 10.2 Å².